The molecule has 1 saturated heterocycles. The van der Waals surface area contributed by atoms with Crippen LogP contribution in [0.3, 0.4) is 0 Å². The molecular formula is C21H27F3N2O3. The number of rotatable bonds is 3. The van der Waals surface area contributed by atoms with Crippen LogP contribution in [0.4, 0.5) is 13.2 Å². The Kier molecular flexibility index (Phi) is 4.83. The highest BCUT2D eigenvalue weighted by molar-refractivity contribution is 5.81. The van der Waals surface area contributed by atoms with Crippen molar-refractivity contribution >= 4 is 5.91 Å². The third kappa shape index (κ3) is 4.09. The van der Waals surface area contributed by atoms with E-state index >= 15 is 0 Å². The summed E-state index contributed by atoms with van der Waals surface area (Å²) >= 11 is 0. The lowest BCUT2D eigenvalue weighted by atomic mass is 9.66. The Morgan fingerprint density at radius 3 is 2.41 bits per heavy atom. The third-order valence-corrected chi connectivity index (χ3v) is 6.71. The maximum absolute atomic E-state index is 13.0. The van der Waals surface area contributed by atoms with Gasteiger partial charge < -0.3 is 14.7 Å². The van der Waals surface area contributed by atoms with Gasteiger partial charge in [-0.3, -0.25) is 4.79 Å². The van der Waals surface area contributed by atoms with Crippen LogP contribution < -0.4 is 4.74 Å². The van der Waals surface area contributed by atoms with Crippen LogP contribution in [-0.4, -0.2) is 45.7 Å². The van der Waals surface area contributed by atoms with E-state index in [4.69, 9.17) is 4.74 Å². The summed E-state index contributed by atoms with van der Waals surface area (Å²) in [5, 5.41) is 9.82. The van der Waals surface area contributed by atoms with Gasteiger partial charge in [-0.15, -0.1) is 0 Å². The summed E-state index contributed by atoms with van der Waals surface area (Å²) in [6, 6.07) is 2.88. The van der Waals surface area contributed by atoms with E-state index in [1.165, 1.54) is 19.1 Å². The van der Waals surface area contributed by atoms with Gasteiger partial charge in [0, 0.05) is 30.5 Å². The molecule has 0 atom stereocenters. The molecule has 3 aliphatic rings. The van der Waals surface area contributed by atoms with Crippen molar-refractivity contribution in [2.24, 2.45) is 11.3 Å². The van der Waals surface area contributed by atoms with Crippen molar-refractivity contribution in [1.82, 2.24) is 9.88 Å². The molecule has 160 valence electrons. The van der Waals surface area contributed by atoms with Crippen molar-refractivity contribution in [3.05, 3.63) is 23.4 Å². The molecule has 1 aliphatic heterocycles. The van der Waals surface area contributed by atoms with Gasteiger partial charge in [-0.1, -0.05) is 6.07 Å². The molecule has 0 radical (unpaired) electrons. The quantitative estimate of drug-likeness (QED) is 0.822. The number of aryl methyl sites for hydroxylation is 1. The number of hydrogen-bond acceptors (Lipinski definition) is 4. The second-order valence-corrected chi connectivity index (χ2v) is 9.43. The summed E-state index contributed by atoms with van der Waals surface area (Å²) in [5.41, 5.74) is -1.40. The molecule has 2 saturated carbocycles. The zero-order valence-corrected chi connectivity index (χ0v) is 16.8. The molecule has 1 N–H and O–H groups in total. The number of nitrogens with zero attached hydrogens (tertiary/aromatic N) is 2. The summed E-state index contributed by atoms with van der Waals surface area (Å²) in [5.74, 6) is 0.104. The molecule has 1 spiro atoms. The average Bonchev–Trinajstić information content (AvgIpc) is 2.58. The highest BCUT2D eigenvalue weighted by Crippen LogP contribution is 2.47. The fourth-order valence-electron chi connectivity index (χ4n) is 5.03. The van der Waals surface area contributed by atoms with Crippen LogP contribution in [0, 0.1) is 18.3 Å². The van der Waals surface area contributed by atoms with Crippen LogP contribution >= 0.6 is 0 Å². The molecular weight excluding hydrogens is 385 g/mol. The Morgan fingerprint density at radius 1 is 1.24 bits per heavy atom. The molecule has 5 nitrogen and oxygen atoms in total. The Labute approximate surface area is 168 Å². The van der Waals surface area contributed by atoms with Gasteiger partial charge in [0.2, 0.25) is 11.8 Å². The number of aliphatic hydroxyl groups is 1. The minimum absolute atomic E-state index is 0.0197. The first-order valence-electron chi connectivity index (χ1n) is 10.2. The van der Waals surface area contributed by atoms with Gasteiger partial charge >= 0.3 is 6.18 Å². The largest absolute Gasteiger partial charge is 0.474 e. The lowest BCUT2D eigenvalue weighted by molar-refractivity contribution is -0.164. The summed E-state index contributed by atoms with van der Waals surface area (Å²) in [6.45, 7) is 4.62. The minimum Gasteiger partial charge on any atom is -0.474 e. The smallest absolute Gasteiger partial charge is 0.433 e. The molecule has 0 bridgehead atoms. The highest BCUT2D eigenvalue weighted by Gasteiger charge is 2.51. The van der Waals surface area contributed by atoms with E-state index in [2.05, 4.69) is 4.98 Å². The van der Waals surface area contributed by atoms with Crippen LogP contribution in [0.25, 0.3) is 0 Å². The summed E-state index contributed by atoms with van der Waals surface area (Å²) < 4.78 is 44.8. The molecule has 2 aliphatic carbocycles. The zero-order chi connectivity index (χ0) is 21.0. The number of amides is 1. The van der Waals surface area contributed by atoms with E-state index < -0.39 is 17.5 Å². The number of carbonyl (C=O) groups excluding carboxylic acids is 1. The number of halogens is 3. The molecule has 8 heteroatoms. The maximum Gasteiger partial charge on any atom is 0.433 e. The minimum atomic E-state index is -4.49. The molecule has 1 amide bonds. The van der Waals surface area contributed by atoms with Crippen LogP contribution in [0.15, 0.2) is 12.1 Å². The Bertz CT molecular complexity index is 785. The van der Waals surface area contributed by atoms with Gasteiger partial charge in [-0.05, 0) is 57.9 Å². The van der Waals surface area contributed by atoms with E-state index in [0.29, 0.717) is 12.8 Å². The number of ether oxygens (including phenoxy) is 1. The second-order valence-electron chi connectivity index (χ2n) is 9.43. The zero-order valence-electron chi connectivity index (χ0n) is 16.8. The Hall–Kier alpha value is -1.83. The second kappa shape index (κ2) is 6.86. The first kappa shape index (κ1) is 20.4. The van der Waals surface area contributed by atoms with Crippen LogP contribution in [0.1, 0.15) is 56.7 Å². The number of hydrogen-bond donors (Lipinski definition) is 1. The van der Waals surface area contributed by atoms with Gasteiger partial charge in [0.05, 0.1) is 5.60 Å². The van der Waals surface area contributed by atoms with Crippen molar-refractivity contribution in [3.63, 3.8) is 0 Å². The number of pyridine rings is 1. The average molecular weight is 412 g/mol. The monoisotopic (exact) mass is 412 g/mol. The SMILES string of the molecule is Cc1ccc(OC2CCC3(CC2)CN(C(=O)C2CC(C)(O)C2)C3)nc1C(F)(F)F. The van der Waals surface area contributed by atoms with Crippen molar-refractivity contribution in [2.45, 2.75) is 70.3 Å². The topological polar surface area (TPSA) is 62.7 Å². The van der Waals surface area contributed by atoms with Crippen LogP contribution in [-0.2, 0) is 11.0 Å². The fourth-order valence-corrected chi connectivity index (χ4v) is 5.03. The van der Waals surface area contributed by atoms with Gasteiger partial charge in [-0.25, -0.2) is 4.98 Å². The molecule has 1 aromatic rings. The van der Waals surface area contributed by atoms with E-state index in [0.717, 1.165) is 38.8 Å². The highest BCUT2D eigenvalue weighted by atomic mass is 19.4. The summed E-state index contributed by atoms with van der Waals surface area (Å²) in [7, 11) is 0. The summed E-state index contributed by atoms with van der Waals surface area (Å²) in [6.07, 6.45) is -0.291. The van der Waals surface area contributed by atoms with Crippen molar-refractivity contribution in [3.8, 4) is 5.88 Å². The van der Waals surface area contributed by atoms with Crippen molar-refractivity contribution in [2.75, 3.05) is 13.1 Å². The fraction of sp³-hybridized carbons (Fsp3) is 0.714. The van der Waals surface area contributed by atoms with Gasteiger partial charge in [0.25, 0.3) is 0 Å². The molecule has 29 heavy (non-hydrogen) atoms. The van der Waals surface area contributed by atoms with Crippen molar-refractivity contribution < 1.29 is 27.8 Å². The normalized spacial score (nSPS) is 29.3. The standard InChI is InChI=1S/C21H27F3N2O3/c1-13-3-4-16(25-17(13)21(22,23)24)29-15-5-7-20(8-6-15)11-26(12-20)18(27)14-9-19(2,28)10-14/h3-4,14-15,28H,5-12H2,1-2H3. The number of carbonyl (C=O) groups is 1. The van der Waals surface area contributed by atoms with Gasteiger partial charge in [0.15, 0.2) is 5.69 Å². The lowest BCUT2D eigenvalue weighted by Gasteiger charge is -2.55. The number of aromatic nitrogens is 1. The van der Waals surface area contributed by atoms with Gasteiger partial charge in [0.1, 0.15) is 6.10 Å². The van der Waals surface area contributed by atoms with E-state index in [1.807, 2.05) is 4.90 Å². The van der Waals surface area contributed by atoms with E-state index in [9.17, 15) is 23.1 Å². The predicted octanol–water partition coefficient (Wildman–Crippen LogP) is 3.72. The molecule has 0 aromatic carbocycles. The Balaban J connectivity index is 1.27. The number of alkyl halides is 3. The molecule has 3 fully saturated rings. The van der Waals surface area contributed by atoms with Crippen molar-refractivity contribution in [1.29, 1.82) is 0 Å². The maximum atomic E-state index is 13.0. The predicted molar refractivity (Wildman–Crippen MR) is 99.2 cm³/mol. The first-order chi connectivity index (χ1) is 13.5. The van der Waals surface area contributed by atoms with Crippen LogP contribution in [0.5, 0.6) is 5.88 Å². The van der Waals surface area contributed by atoms with Gasteiger partial charge in [-0.2, -0.15) is 13.2 Å². The molecule has 1 aromatic heterocycles. The lowest BCUT2D eigenvalue weighted by Crippen LogP contribution is -2.63. The number of likely N-dealkylation sites (tertiary alicyclic amines) is 1. The van der Waals surface area contributed by atoms with E-state index in [-0.39, 0.29) is 34.8 Å². The summed E-state index contributed by atoms with van der Waals surface area (Å²) in [4.78, 5) is 18.0. The molecule has 4 rings (SSSR count). The first-order valence-corrected chi connectivity index (χ1v) is 10.2. The molecule has 2 heterocycles. The third-order valence-electron chi connectivity index (χ3n) is 6.71. The van der Waals surface area contributed by atoms with Crippen LogP contribution in [0.2, 0.25) is 0 Å². The van der Waals surface area contributed by atoms with E-state index in [1.54, 1.807) is 6.92 Å². The Morgan fingerprint density at radius 2 is 1.86 bits per heavy atom. The molecule has 0 unspecified atom stereocenters.